The quantitative estimate of drug-likeness (QED) is 0.101. The van der Waals surface area contributed by atoms with Crippen molar-refractivity contribution in [2.45, 2.75) is 86.7 Å². The summed E-state index contributed by atoms with van der Waals surface area (Å²) in [5.41, 5.74) is 12.3. The molecule has 0 saturated carbocycles. The first-order chi connectivity index (χ1) is 27.3. The van der Waals surface area contributed by atoms with Gasteiger partial charge in [-0.15, -0.1) is 0 Å². The number of para-hydroxylation sites is 4. The number of carbonyl (C=O) groups is 1. The fraction of sp³-hybridized carbons (Fsp3) is 0.286. The van der Waals surface area contributed by atoms with Crippen molar-refractivity contribution in [1.82, 2.24) is 9.13 Å². The van der Waals surface area contributed by atoms with Gasteiger partial charge in [-0.2, -0.15) is 0 Å². The summed E-state index contributed by atoms with van der Waals surface area (Å²) in [5.74, 6) is 0. The average Bonchev–Trinajstić information content (AvgIpc) is 3.22. The van der Waals surface area contributed by atoms with Crippen molar-refractivity contribution in [2.24, 2.45) is 0 Å². The Labute approximate surface area is 334 Å². The topological polar surface area (TPSA) is 99.1 Å². The lowest BCUT2D eigenvalue weighted by Gasteiger charge is -2.07. The van der Waals surface area contributed by atoms with Gasteiger partial charge in [0, 0.05) is 49.6 Å². The number of aldehydes is 1. The first kappa shape index (κ1) is 46.2. The van der Waals surface area contributed by atoms with Crippen LogP contribution >= 0.6 is 0 Å². The number of aryl methyl sites for hydroxylation is 2. The lowest BCUT2D eigenvalue weighted by atomic mass is 10.1. The van der Waals surface area contributed by atoms with E-state index in [1.807, 2.05) is 127 Å². The fourth-order valence-electron chi connectivity index (χ4n) is 5.60. The Bertz CT molecular complexity index is 2100. The van der Waals surface area contributed by atoms with Crippen molar-refractivity contribution in [3.63, 3.8) is 0 Å². The van der Waals surface area contributed by atoms with Gasteiger partial charge in [0.25, 0.3) is 11.1 Å². The highest BCUT2D eigenvalue weighted by atomic mass is 16.1. The zero-order valence-electron chi connectivity index (χ0n) is 34.3. The summed E-state index contributed by atoms with van der Waals surface area (Å²) in [4.78, 5) is 32.6. The molecule has 0 radical (unpaired) electrons. The van der Waals surface area contributed by atoms with Crippen LogP contribution in [-0.4, -0.2) is 22.0 Å². The number of nitrogens with one attached hydrogen (secondary N) is 1. The van der Waals surface area contributed by atoms with E-state index in [0.717, 1.165) is 84.7 Å². The van der Waals surface area contributed by atoms with Gasteiger partial charge in [0.05, 0.1) is 11.0 Å². The zero-order valence-corrected chi connectivity index (χ0v) is 34.3. The third-order valence-corrected chi connectivity index (χ3v) is 8.31. The summed E-state index contributed by atoms with van der Waals surface area (Å²) < 4.78 is 3.66. The minimum Gasteiger partial charge on any atom is -0.398 e. The number of nitrogens with zero attached hydrogens (tertiary/aromatic N) is 2. The Morgan fingerprint density at radius 2 is 1.02 bits per heavy atom. The number of pyridine rings is 2. The molecule has 0 saturated heterocycles. The molecule has 0 aliphatic heterocycles. The third kappa shape index (κ3) is 15.8. The number of aromatic nitrogens is 2. The Balaban J connectivity index is 0.000000249. The van der Waals surface area contributed by atoms with Gasteiger partial charge in [-0.1, -0.05) is 125 Å². The van der Waals surface area contributed by atoms with Gasteiger partial charge in [0.1, 0.15) is 6.29 Å². The molecule has 0 aliphatic carbocycles. The summed E-state index contributed by atoms with van der Waals surface area (Å²) in [5, 5.41) is 5.65. The van der Waals surface area contributed by atoms with E-state index >= 15 is 0 Å². The largest absolute Gasteiger partial charge is 0.398 e. The maximum Gasteiger partial charge on any atom is 0.251 e. The van der Waals surface area contributed by atoms with Crippen LogP contribution in [0.15, 0.2) is 143 Å². The average molecular weight is 755 g/mol. The molecule has 56 heavy (non-hydrogen) atoms. The molecule has 4 aromatic carbocycles. The Kier molecular flexibility index (Phi) is 22.8. The van der Waals surface area contributed by atoms with Gasteiger partial charge in [0.15, 0.2) is 0 Å². The monoisotopic (exact) mass is 754 g/mol. The molecule has 0 spiro atoms. The summed E-state index contributed by atoms with van der Waals surface area (Å²) in [6.45, 7) is 14.9. The molecule has 2 heterocycles. The van der Waals surface area contributed by atoms with Crippen molar-refractivity contribution in [3.05, 3.63) is 165 Å². The van der Waals surface area contributed by atoms with Crippen molar-refractivity contribution in [3.8, 4) is 0 Å². The molecule has 7 heteroatoms. The molecule has 0 unspecified atom stereocenters. The molecule has 0 amide bonds. The van der Waals surface area contributed by atoms with E-state index in [4.69, 9.17) is 5.73 Å². The normalized spacial score (nSPS) is 10.3. The van der Waals surface area contributed by atoms with Crippen LogP contribution < -0.4 is 22.2 Å². The lowest BCUT2D eigenvalue weighted by Crippen LogP contribution is -2.18. The highest BCUT2D eigenvalue weighted by Crippen LogP contribution is 2.16. The first-order valence-corrected chi connectivity index (χ1v) is 19.8. The summed E-state index contributed by atoms with van der Waals surface area (Å²) in [6.07, 6.45) is 13.9. The van der Waals surface area contributed by atoms with Crippen molar-refractivity contribution in [2.75, 3.05) is 17.6 Å². The minimum atomic E-state index is 0.0885. The van der Waals surface area contributed by atoms with E-state index in [9.17, 15) is 14.4 Å². The summed E-state index contributed by atoms with van der Waals surface area (Å²) in [6, 6.07) is 39.2. The van der Waals surface area contributed by atoms with E-state index in [2.05, 4.69) is 62.5 Å². The van der Waals surface area contributed by atoms with Gasteiger partial charge in [-0.05, 0) is 97.8 Å². The molecule has 0 bridgehead atoms. The fourth-order valence-corrected chi connectivity index (χ4v) is 5.60. The van der Waals surface area contributed by atoms with Crippen LogP contribution in [0.4, 0.5) is 11.4 Å². The van der Waals surface area contributed by atoms with Gasteiger partial charge >= 0.3 is 0 Å². The van der Waals surface area contributed by atoms with Crippen LogP contribution in [0.1, 0.15) is 84.8 Å². The predicted molar refractivity (Wildman–Crippen MR) is 243 cm³/mol. The molecule has 7 nitrogen and oxygen atoms in total. The number of hydrogen-bond donors (Lipinski definition) is 2. The van der Waals surface area contributed by atoms with E-state index in [1.165, 1.54) is 11.3 Å². The molecule has 6 rings (SSSR count). The SMILES string of the molecule is C/C=C/c1ccccc1N.C/C=C/c1ccccc1NCCC.CCCC=O.CCCn1c(=O)ccc2ccccc21.CCCn1c(=O)ccc2ccccc21. The molecule has 6 aromatic rings. The molecule has 0 fully saturated rings. The van der Waals surface area contributed by atoms with Crippen LogP contribution in [0.5, 0.6) is 0 Å². The van der Waals surface area contributed by atoms with Crippen LogP contribution in [0.2, 0.25) is 0 Å². The minimum absolute atomic E-state index is 0.0885. The Morgan fingerprint density at radius 3 is 1.46 bits per heavy atom. The first-order valence-electron chi connectivity index (χ1n) is 19.8. The molecule has 0 aliphatic rings. The number of nitrogens with two attached hydrogens (primary N) is 1. The Hall–Kier alpha value is -5.95. The molecular formula is C49H62N4O3. The number of rotatable bonds is 11. The zero-order chi connectivity index (χ0) is 41.0. The maximum atomic E-state index is 11.6. The van der Waals surface area contributed by atoms with E-state index < -0.39 is 0 Å². The second-order valence-corrected chi connectivity index (χ2v) is 12.9. The van der Waals surface area contributed by atoms with Gasteiger partial charge in [0.2, 0.25) is 0 Å². The Morgan fingerprint density at radius 1 is 0.554 bits per heavy atom. The van der Waals surface area contributed by atoms with Gasteiger partial charge < -0.3 is 25.0 Å². The summed E-state index contributed by atoms with van der Waals surface area (Å²) >= 11 is 0. The van der Waals surface area contributed by atoms with Crippen LogP contribution in [-0.2, 0) is 17.9 Å². The van der Waals surface area contributed by atoms with Crippen molar-refractivity contribution >= 4 is 51.6 Å². The molecular weight excluding hydrogens is 693 g/mol. The molecule has 2 aromatic heterocycles. The van der Waals surface area contributed by atoms with Gasteiger partial charge in [-0.25, -0.2) is 0 Å². The number of benzene rings is 4. The number of unbranched alkanes of at least 4 members (excludes halogenated alkanes) is 1. The second kappa shape index (κ2) is 27.6. The number of nitrogen functional groups attached to an aromatic ring is 1. The van der Waals surface area contributed by atoms with Crippen LogP contribution in [0.3, 0.4) is 0 Å². The number of carbonyl (C=O) groups excluding carboxylic acids is 1. The predicted octanol–water partition coefficient (Wildman–Crippen LogP) is 11.7. The van der Waals surface area contributed by atoms with E-state index in [1.54, 1.807) is 12.1 Å². The van der Waals surface area contributed by atoms with Crippen molar-refractivity contribution in [1.29, 1.82) is 0 Å². The maximum absolute atomic E-state index is 11.6. The molecule has 296 valence electrons. The number of hydrogen-bond acceptors (Lipinski definition) is 5. The van der Waals surface area contributed by atoms with E-state index in [-0.39, 0.29) is 11.1 Å². The number of fused-ring (bicyclic) bond motifs is 2. The third-order valence-electron chi connectivity index (χ3n) is 8.31. The van der Waals surface area contributed by atoms with E-state index in [0.29, 0.717) is 6.42 Å². The summed E-state index contributed by atoms with van der Waals surface area (Å²) in [7, 11) is 0. The number of allylic oxidation sites excluding steroid dienone is 2. The standard InChI is InChI=1S/2C12H13NO.C12H17N.C9H11N.C4H8O/c2*1-2-9-13-11-6-4-3-5-10(11)7-8-12(13)14;1-3-7-11-8-5-6-9-12(11)13-10-4-2;1-2-5-8-6-3-4-7-9(8)10;1-2-3-4-5/h2*3-8H,2,9H2,1H3;3,5-9,13H,4,10H2,1-2H3;2-7H,10H2,1H3;4H,2-3H2,1H3/b;;7-3+;5-2+;. The van der Waals surface area contributed by atoms with Gasteiger partial charge in [-0.3, -0.25) is 9.59 Å². The molecule has 0 atom stereocenters. The number of anilines is 2. The van der Waals surface area contributed by atoms with Crippen LogP contribution in [0.25, 0.3) is 34.0 Å². The lowest BCUT2D eigenvalue weighted by molar-refractivity contribution is -0.107. The second-order valence-electron chi connectivity index (χ2n) is 12.9. The molecule has 3 N–H and O–H groups in total. The van der Waals surface area contributed by atoms with Crippen LogP contribution in [0, 0.1) is 0 Å². The highest BCUT2D eigenvalue weighted by Gasteiger charge is 2.01. The smallest absolute Gasteiger partial charge is 0.251 e. The van der Waals surface area contributed by atoms with Crippen molar-refractivity contribution < 1.29 is 4.79 Å². The highest BCUT2D eigenvalue weighted by molar-refractivity contribution is 5.79.